The molecule has 1 heterocycles. The van der Waals surface area contributed by atoms with Gasteiger partial charge < -0.3 is 16.2 Å². The number of nitrogens with one attached hydrogen (secondary N) is 1. The van der Waals surface area contributed by atoms with E-state index < -0.39 is 9.84 Å². The predicted octanol–water partition coefficient (Wildman–Crippen LogP) is 1.09. The van der Waals surface area contributed by atoms with Gasteiger partial charge >= 0.3 is 0 Å². The molecule has 1 aromatic heterocycles. The van der Waals surface area contributed by atoms with Crippen LogP contribution in [0, 0.1) is 0 Å². The summed E-state index contributed by atoms with van der Waals surface area (Å²) in [6.45, 7) is 2.53. The first-order chi connectivity index (χ1) is 8.53. The van der Waals surface area contributed by atoms with Crippen molar-refractivity contribution in [3.05, 3.63) is 0 Å². The Bertz CT molecular complexity index is 471. The molecule has 0 atom stereocenters. The van der Waals surface area contributed by atoms with E-state index in [4.69, 9.17) is 10.8 Å². The van der Waals surface area contributed by atoms with Crippen molar-refractivity contribution in [3.63, 3.8) is 0 Å². The van der Waals surface area contributed by atoms with E-state index in [0.717, 1.165) is 18.0 Å². The topological polar surface area (TPSA) is 105 Å². The normalized spacial score (nSPS) is 11.7. The summed E-state index contributed by atoms with van der Waals surface area (Å²) in [7, 11) is -3.36. The molecule has 6 nitrogen and oxygen atoms in total. The third-order valence-corrected chi connectivity index (χ3v) is 5.26. The number of aromatic nitrogens is 1. The molecule has 4 N–H and O–H groups in total. The fraction of sp³-hybridized carbons (Fsp3) is 0.700. The van der Waals surface area contributed by atoms with E-state index in [1.165, 1.54) is 0 Å². The van der Waals surface area contributed by atoms with Crippen molar-refractivity contribution in [2.24, 2.45) is 0 Å². The molecular formula is C10H19N3O3S2. The van der Waals surface area contributed by atoms with Crippen LogP contribution in [-0.4, -0.2) is 36.8 Å². The highest BCUT2D eigenvalue weighted by Gasteiger charge is 2.24. The highest BCUT2D eigenvalue weighted by atomic mass is 32.2. The minimum Gasteiger partial charge on any atom is -0.396 e. The SMILES string of the molecule is CCCS(=O)(=O)c1c(N)nsc1NCCCCO. The summed E-state index contributed by atoms with van der Waals surface area (Å²) in [6, 6.07) is 0. The van der Waals surface area contributed by atoms with Crippen LogP contribution in [0.3, 0.4) is 0 Å². The maximum absolute atomic E-state index is 12.0. The van der Waals surface area contributed by atoms with Crippen LogP contribution in [0.25, 0.3) is 0 Å². The van der Waals surface area contributed by atoms with Crippen molar-refractivity contribution in [1.29, 1.82) is 0 Å². The van der Waals surface area contributed by atoms with Gasteiger partial charge in [0.25, 0.3) is 0 Å². The van der Waals surface area contributed by atoms with Crippen LogP contribution < -0.4 is 11.1 Å². The van der Waals surface area contributed by atoms with E-state index in [0.29, 0.717) is 24.4 Å². The van der Waals surface area contributed by atoms with Gasteiger partial charge in [0.1, 0.15) is 9.90 Å². The second-order valence-corrected chi connectivity index (χ2v) is 6.72. The van der Waals surface area contributed by atoms with Gasteiger partial charge in [-0.3, -0.25) is 0 Å². The van der Waals surface area contributed by atoms with E-state index in [1.54, 1.807) is 0 Å². The molecule has 0 aliphatic carbocycles. The van der Waals surface area contributed by atoms with Gasteiger partial charge in [0.15, 0.2) is 15.7 Å². The highest BCUT2D eigenvalue weighted by molar-refractivity contribution is 7.91. The molecule has 0 amide bonds. The first-order valence-electron chi connectivity index (χ1n) is 5.85. The summed E-state index contributed by atoms with van der Waals surface area (Å²) in [5.74, 6) is 0.138. The molecule has 0 aliphatic rings. The van der Waals surface area contributed by atoms with E-state index in [-0.39, 0.29) is 23.1 Å². The lowest BCUT2D eigenvalue weighted by Gasteiger charge is -2.07. The number of sulfone groups is 1. The summed E-state index contributed by atoms with van der Waals surface area (Å²) in [5, 5.41) is 12.2. The fourth-order valence-corrected chi connectivity index (χ4v) is 4.16. The first-order valence-corrected chi connectivity index (χ1v) is 8.28. The Labute approximate surface area is 111 Å². The van der Waals surface area contributed by atoms with Gasteiger partial charge in [-0.2, -0.15) is 4.37 Å². The van der Waals surface area contributed by atoms with Gasteiger partial charge in [-0.15, -0.1) is 0 Å². The average Bonchev–Trinajstić information content (AvgIpc) is 2.67. The van der Waals surface area contributed by atoms with Crippen LogP contribution in [0.1, 0.15) is 26.2 Å². The number of nitrogens with zero attached hydrogens (tertiary/aromatic N) is 1. The minimum absolute atomic E-state index is 0.0677. The van der Waals surface area contributed by atoms with Crippen LogP contribution in [0.4, 0.5) is 10.8 Å². The van der Waals surface area contributed by atoms with Gasteiger partial charge in [0.05, 0.1) is 5.75 Å². The average molecular weight is 293 g/mol. The Hall–Kier alpha value is -0.860. The molecular weight excluding hydrogens is 274 g/mol. The van der Waals surface area contributed by atoms with Crippen molar-refractivity contribution in [2.75, 3.05) is 30.0 Å². The molecule has 1 aromatic rings. The van der Waals surface area contributed by atoms with Crippen LogP contribution in [0.2, 0.25) is 0 Å². The first kappa shape index (κ1) is 15.2. The lowest BCUT2D eigenvalue weighted by atomic mass is 10.3. The number of hydrogen-bond acceptors (Lipinski definition) is 7. The van der Waals surface area contributed by atoms with Gasteiger partial charge in [0, 0.05) is 13.2 Å². The standard InChI is InChI=1S/C10H19N3O3S2/c1-2-7-18(15,16)8-9(11)13-17-10(8)12-5-3-4-6-14/h12,14H,2-7H2,1H3,(H2,11,13). The molecule has 1 rings (SSSR count). The maximum atomic E-state index is 12.0. The molecule has 8 heteroatoms. The molecule has 0 saturated heterocycles. The molecule has 0 spiro atoms. The van der Waals surface area contributed by atoms with E-state index in [9.17, 15) is 8.42 Å². The summed E-state index contributed by atoms with van der Waals surface area (Å²) < 4.78 is 28.0. The number of nitrogens with two attached hydrogens (primary N) is 1. The zero-order chi connectivity index (χ0) is 13.6. The molecule has 0 aliphatic heterocycles. The van der Waals surface area contributed by atoms with E-state index >= 15 is 0 Å². The second kappa shape index (κ2) is 6.91. The van der Waals surface area contributed by atoms with Gasteiger partial charge in [-0.1, -0.05) is 6.92 Å². The predicted molar refractivity (Wildman–Crippen MR) is 73.7 cm³/mol. The number of unbranched alkanes of at least 4 members (excludes halogenated alkanes) is 1. The van der Waals surface area contributed by atoms with Gasteiger partial charge in [-0.05, 0) is 30.8 Å². The summed E-state index contributed by atoms with van der Waals surface area (Å²) in [4.78, 5) is 0.123. The largest absolute Gasteiger partial charge is 0.396 e. The van der Waals surface area contributed by atoms with Gasteiger partial charge in [0.2, 0.25) is 0 Å². The number of aliphatic hydroxyl groups excluding tert-OH is 1. The second-order valence-electron chi connectivity index (χ2n) is 3.90. The van der Waals surface area contributed by atoms with E-state index in [2.05, 4.69) is 9.69 Å². The van der Waals surface area contributed by atoms with Crippen LogP contribution >= 0.6 is 11.5 Å². The van der Waals surface area contributed by atoms with Gasteiger partial charge in [-0.25, -0.2) is 8.42 Å². The highest BCUT2D eigenvalue weighted by Crippen LogP contribution is 2.32. The van der Waals surface area contributed by atoms with Crippen LogP contribution in [0.15, 0.2) is 4.90 Å². The van der Waals surface area contributed by atoms with Crippen molar-refractivity contribution < 1.29 is 13.5 Å². The smallest absolute Gasteiger partial charge is 0.185 e. The van der Waals surface area contributed by atoms with Crippen molar-refractivity contribution in [2.45, 2.75) is 31.1 Å². The van der Waals surface area contributed by atoms with Crippen LogP contribution in [-0.2, 0) is 9.84 Å². The molecule has 0 unspecified atom stereocenters. The lowest BCUT2D eigenvalue weighted by molar-refractivity contribution is 0.286. The summed E-state index contributed by atoms with van der Waals surface area (Å²) in [6.07, 6.45) is 1.99. The number of nitrogen functional groups attached to an aromatic ring is 1. The number of anilines is 2. The summed E-state index contributed by atoms with van der Waals surface area (Å²) >= 11 is 1.06. The molecule has 0 aromatic carbocycles. The van der Waals surface area contributed by atoms with Crippen molar-refractivity contribution >= 4 is 32.2 Å². The maximum Gasteiger partial charge on any atom is 0.185 e. The quantitative estimate of drug-likeness (QED) is 0.620. The minimum atomic E-state index is -3.36. The molecule has 18 heavy (non-hydrogen) atoms. The summed E-state index contributed by atoms with van der Waals surface area (Å²) in [5.41, 5.74) is 5.63. The fourth-order valence-electron chi connectivity index (χ4n) is 1.52. The van der Waals surface area contributed by atoms with Crippen LogP contribution in [0.5, 0.6) is 0 Å². The third kappa shape index (κ3) is 3.82. The molecule has 0 bridgehead atoms. The van der Waals surface area contributed by atoms with Crippen molar-refractivity contribution in [1.82, 2.24) is 4.37 Å². The Kier molecular flexibility index (Phi) is 5.83. The number of hydrogen-bond donors (Lipinski definition) is 3. The van der Waals surface area contributed by atoms with Crippen molar-refractivity contribution in [3.8, 4) is 0 Å². The number of aliphatic hydroxyl groups is 1. The Morgan fingerprint density at radius 2 is 2.17 bits per heavy atom. The Morgan fingerprint density at radius 3 is 2.78 bits per heavy atom. The molecule has 0 saturated carbocycles. The lowest BCUT2D eigenvalue weighted by Crippen LogP contribution is -2.11. The Morgan fingerprint density at radius 1 is 1.44 bits per heavy atom. The molecule has 0 fully saturated rings. The van der Waals surface area contributed by atoms with E-state index in [1.807, 2.05) is 6.92 Å². The Balaban J connectivity index is 2.82. The zero-order valence-electron chi connectivity index (χ0n) is 10.3. The number of rotatable bonds is 8. The third-order valence-electron chi connectivity index (χ3n) is 2.33. The monoisotopic (exact) mass is 293 g/mol. The zero-order valence-corrected chi connectivity index (χ0v) is 12.0. The molecule has 0 radical (unpaired) electrons. The molecule has 104 valence electrons.